The number of aliphatic hydroxyl groups is 2. The molecule has 0 spiro atoms. The van der Waals surface area contributed by atoms with Crippen molar-refractivity contribution in [1.82, 2.24) is 5.32 Å². The van der Waals surface area contributed by atoms with Crippen molar-refractivity contribution in [1.29, 1.82) is 0 Å². The van der Waals surface area contributed by atoms with Gasteiger partial charge in [0.2, 0.25) is 5.91 Å². The molecule has 0 fully saturated rings. The van der Waals surface area contributed by atoms with Crippen molar-refractivity contribution < 1.29 is 15.0 Å². The first-order valence-electron chi connectivity index (χ1n) is 18.2. The largest absolute Gasteiger partial charge is 0.394 e. The molecule has 0 aromatic heterocycles. The topological polar surface area (TPSA) is 69.6 Å². The Morgan fingerprint density at radius 3 is 1.38 bits per heavy atom. The van der Waals surface area contributed by atoms with Crippen LogP contribution >= 0.6 is 0 Å². The van der Waals surface area contributed by atoms with Gasteiger partial charge in [-0.05, 0) is 44.9 Å². The first kappa shape index (κ1) is 40.6. The molecule has 0 saturated heterocycles. The van der Waals surface area contributed by atoms with E-state index in [9.17, 15) is 15.0 Å². The standard InChI is InChI=1S/C38H71NO3/c1-3-5-7-9-10-11-12-13-14-15-16-17-18-19-20-21-22-23-24-25-26-27-28-30-31-33-37(41)36(35-40)39-38(42)34-32-29-8-6-4-2/h22-23,26-27,31,33,36-37,40-41H,3-21,24-25,28-30,32,34-35H2,1-2H3,(H,39,42)/b23-22+,27-26+,33-31+. The number of hydrogen-bond donors (Lipinski definition) is 3. The molecule has 0 rings (SSSR count). The third kappa shape index (κ3) is 30.1. The molecular formula is C38H71NO3. The minimum atomic E-state index is -0.863. The molecule has 0 aromatic rings. The van der Waals surface area contributed by atoms with E-state index in [1.165, 1.54) is 116 Å². The molecule has 0 aliphatic rings. The second-order valence-corrected chi connectivity index (χ2v) is 12.3. The number of allylic oxidation sites excluding steroid dienone is 5. The average Bonchev–Trinajstić information content (AvgIpc) is 2.99. The van der Waals surface area contributed by atoms with E-state index < -0.39 is 12.1 Å². The third-order valence-electron chi connectivity index (χ3n) is 8.10. The van der Waals surface area contributed by atoms with Gasteiger partial charge >= 0.3 is 0 Å². The Balaban J connectivity index is 3.57. The molecule has 1 amide bonds. The van der Waals surface area contributed by atoms with Crippen molar-refractivity contribution in [2.24, 2.45) is 0 Å². The first-order chi connectivity index (χ1) is 20.7. The van der Waals surface area contributed by atoms with Gasteiger partial charge in [-0.2, -0.15) is 0 Å². The molecule has 2 atom stereocenters. The highest BCUT2D eigenvalue weighted by molar-refractivity contribution is 5.76. The van der Waals surface area contributed by atoms with E-state index in [4.69, 9.17) is 0 Å². The summed E-state index contributed by atoms with van der Waals surface area (Å²) in [4.78, 5) is 12.1. The van der Waals surface area contributed by atoms with E-state index in [-0.39, 0.29) is 12.5 Å². The highest BCUT2D eigenvalue weighted by Gasteiger charge is 2.17. The number of unbranched alkanes of at least 4 members (excludes halogenated alkanes) is 21. The number of amides is 1. The second-order valence-electron chi connectivity index (χ2n) is 12.3. The molecule has 42 heavy (non-hydrogen) atoms. The van der Waals surface area contributed by atoms with Gasteiger partial charge in [-0.25, -0.2) is 0 Å². The van der Waals surface area contributed by atoms with Crippen LogP contribution in [0.25, 0.3) is 0 Å². The summed E-state index contributed by atoms with van der Waals surface area (Å²) in [5, 5.41) is 22.6. The van der Waals surface area contributed by atoms with Crippen LogP contribution in [0.4, 0.5) is 0 Å². The summed E-state index contributed by atoms with van der Waals surface area (Å²) in [6.07, 6.45) is 44.2. The lowest BCUT2D eigenvalue weighted by atomic mass is 10.0. The van der Waals surface area contributed by atoms with Crippen molar-refractivity contribution in [2.45, 2.75) is 193 Å². The average molecular weight is 590 g/mol. The third-order valence-corrected chi connectivity index (χ3v) is 8.10. The van der Waals surface area contributed by atoms with Crippen LogP contribution in [0.3, 0.4) is 0 Å². The van der Waals surface area contributed by atoms with Gasteiger partial charge in [-0.15, -0.1) is 0 Å². The van der Waals surface area contributed by atoms with Crippen LogP contribution in [0.1, 0.15) is 181 Å². The zero-order chi connectivity index (χ0) is 30.8. The molecule has 0 aliphatic carbocycles. The number of rotatable bonds is 32. The Labute approximate surface area is 261 Å². The van der Waals surface area contributed by atoms with E-state index in [1.807, 2.05) is 6.08 Å². The molecule has 0 bridgehead atoms. The van der Waals surface area contributed by atoms with Gasteiger partial charge in [0.25, 0.3) is 0 Å². The van der Waals surface area contributed by atoms with E-state index in [2.05, 4.69) is 43.5 Å². The summed E-state index contributed by atoms with van der Waals surface area (Å²) < 4.78 is 0. The lowest BCUT2D eigenvalue weighted by molar-refractivity contribution is -0.123. The van der Waals surface area contributed by atoms with Crippen LogP contribution in [-0.4, -0.2) is 34.9 Å². The molecule has 4 nitrogen and oxygen atoms in total. The van der Waals surface area contributed by atoms with Crippen molar-refractivity contribution in [3.05, 3.63) is 36.5 Å². The minimum Gasteiger partial charge on any atom is -0.394 e. The Hall–Kier alpha value is -1.39. The van der Waals surface area contributed by atoms with Crippen molar-refractivity contribution in [3.63, 3.8) is 0 Å². The molecule has 4 heteroatoms. The number of nitrogens with one attached hydrogen (secondary N) is 1. The van der Waals surface area contributed by atoms with Crippen LogP contribution in [-0.2, 0) is 4.79 Å². The highest BCUT2D eigenvalue weighted by atomic mass is 16.3. The van der Waals surface area contributed by atoms with Gasteiger partial charge in [-0.1, -0.05) is 166 Å². The fraction of sp³-hybridized carbons (Fsp3) is 0.816. The predicted molar refractivity (Wildman–Crippen MR) is 184 cm³/mol. The molecule has 3 N–H and O–H groups in total. The van der Waals surface area contributed by atoms with Gasteiger partial charge in [0, 0.05) is 6.42 Å². The Morgan fingerprint density at radius 1 is 0.548 bits per heavy atom. The van der Waals surface area contributed by atoms with Crippen LogP contribution in [0.15, 0.2) is 36.5 Å². The quantitative estimate of drug-likeness (QED) is 0.0540. The Kier molecular flexibility index (Phi) is 33.0. The van der Waals surface area contributed by atoms with Gasteiger partial charge in [-0.3, -0.25) is 4.79 Å². The number of aliphatic hydroxyl groups excluding tert-OH is 2. The molecular weight excluding hydrogens is 518 g/mol. The number of carbonyl (C=O) groups excluding carboxylic acids is 1. The maximum Gasteiger partial charge on any atom is 0.220 e. The van der Waals surface area contributed by atoms with Crippen molar-refractivity contribution in [2.75, 3.05) is 6.61 Å². The predicted octanol–water partition coefficient (Wildman–Crippen LogP) is 10.7. The summed E-state index contributed by atoms with van der Waals surface area (Å²) in [5.41, 5.74) is 0. The molecule has 2 unspecified atom stereocenters. The SMILES string of the molecule is CCCCCCCCCCCCCCCCC/C=C/CC/C=C/CC/C=C/C(O)C(CO)NC(=O)CCCCCCC. The van der Waals surface area contributed by atoms with E-state index >= 15 is 0 Å². The molecule has 0 saturated carbocycles. The summed E-state index contributed by atoms with van der Waals surface area (Å²) in [7, 11) is 0. The molecule has 0 aromatic carbocycles. The smallest absolute Gasteiger partial charge is 0.220 e. The maximum atomic E-state index is 12.1. The van der Waals surface area contributed by atoms with Gasteiger partial charge < -0.3 is 15.5 Å². The Morgan fingerprint density at radius 2 is 0.929 bits per heavy atom. The zero-order valence-corrected chi connectivity index (χ0v) is 28.0. The lowest BCUT2D eigenvalue weighted by Gasteiger charge is -2.19. The molecule has 0 heterocycles. The summed E-state index contributed by atoms with van der Waals surface area (Å²) in [6, 6.07) is -0.638. The Bertz CT molecular complexity index is 642. The molecule has 246 valence electrons. The normalized spacial score (nSPS) is 13.5. The van der Waals surface area contributed by atoms with Gasteiger partial charge in [0.1, 0.15) is 0 Å². The fourth-order valence-corrected chi connectivity index (χ4v) is 5.27. The van der Waals surface area contributed by atoms with Crippen LogP contribution < -0.4 is 5.32 Å². The monoisotopic (exact) mass is 590 g/mol. The van der Waals surface area contributed by atoms with Crippen LogP contribution in [0.5, 0.6) is 0 Å². The number of carbonyl (C=O) groups is 1. The van der Waals surface area contributed by atoms with Crippen molar-refractivity contribution in [3.8, 4) is 0 Å². The van der Waals surface area contributed by atoms with Crippen LogP contribution in [0.2, 0.25) is 0 Å². The molecule has 0 aliphatic heterocycles. The first-order valence-corrected chi connectivity index (χ1v) is 18.2. The number of hydrogen-bond acceptors (Lipinski definition) is 3. The molecule has 0 radical (unpaired) electrons. The zero-order valence-electron chi connectivity index (χ0n) is 28.0. The summed E-state index contributed by atoms with van der Waals surface area (Å²) >= 11 is 0. The fourth-order valence-electron chi connectivity index (χ4n) is 5.27. The van der Waals surface area contributed by atoms with Gasteiger partial charge in [0.05, 0.1) is 18.8 Å². The van der Waals surface area contributed by atoms with E-state index in [0.29, 0.717) is 6.42 Å². The summed E-state index contributed by atoms with van der Waals surface area (Å²) in [5.74, 6) is -0.0928. The van der Waals surface area contributed by atoms with Crippen molar-refractivity contribution >= 4 is 5.91 Å². The van der Waals surface area contributed by atoms with Crippen LogP contribution in [0, 0.1) is 0 Å². The van der Waals surface area contributed by atoms with E-state index in [1.54, 1.807) is 6.08 Å². The van der Waals surface area contributed by atoms with E-state index in [0.717, 1.165) is 44.9 Å². The maximum absolute atomic E-state index is 12.1. The highest BCUT2D eigenvalue weighted by Crippen LogP contribution is 2.14. The minimum absolute atomic E-state index is 0.0928. The second kappa shape index (κ2) is 34.1. The lowest BCUT2D eigenvalue weighted by Crippen LogP contribution is -2.45. The summed E-state index contributed by atoms with van der Waals surface area (Å²) in [6.45, 7) is 4.20. The van der Waals surface area contributed by atoms with Gasteiger partial charge in [0.15, 0.2) is 0 Å².